The Kier molecular flexibility index (Phi) is 5.37. The van der Waals surface area contributed by atoms with Crippen LogP contribution in [0, 0.1) is 11.3 Å². The Morgan fingerprint density at radius 2 is 1.90 bits per heavy atom. The van der Waals surface area contributed by atoms with Crippen molar-refractivity contribution in [3.63, 3.8) is 0 Å². The van der Waals surface area contributed by atoms with Crippen LogP contribution in [-0.2, 0) is 4.74 Å². The second-order valence-corrected chi connectivity index (χ2v) is 5.49. The molecule has 0 spiro atoms. The third-order valence-corrected chi connectivity index (χ3v) is 2.60. The number of carbonyl (C=O) groups is 1. The molecule has 1 N–H and O–H groups in total. The predicted octanol–water partition coefficient (Wildman–Crippen LogP) is 3.34. The predicted molar refractivity (Wildman–Crippen MR) is 79.9 cm³/mol. The van der Waals surface area contributed by atoms with Crippen LogP contribution in [0.25, 0.3) is 0 Å². The first kappa shape index (κ1) is 16.6. The van der Waals surface area contributed by atoms with E-state index >= 15 is 0 Å². The van der Waals surface area contributed by atoms with Gasteiger partial charge in [0.15, 0.2) is 0 Å². The fourth-order valence-corrected chi connectivity index (χ4v) is 1.66. The summed E-state index contributed by atoms with van der Waals surface area (Å²) >= 11 is 0. The van der Waals surface area contributed by atoms with Crippen LogP contribution in [0.3, 0.4) is 0 Å². The van der Waals surface area contributed by atoms with Gasteiger partial charge in [0.1, 0.15) is 11.4 Å². The standard InChI is InChI=1S/C16H20N2O3/c1-11(10-17)14(18-15(19)21-16(2,3)4)12-6-8-13(20-5)9-7-12/h6-9,14H,1H2,2-5H3,(H,18,19). The summed E-state index contributed by atoms with van der Waals surface area (Å²) in [5.41, 5.74) is 0.349. The maximum absolute atomic E-state index is 11.9. The van der Waals surface area contributed by atoms with Crippen molar-refractivity contribution in [3.05, 3.63) is 42.0 Å². The first-order chi connectivity index (χ1) is 9.76. The molecule has 1 rings (SSSR count). The van der Waals surface area contributed by atoms with E-state index in [1.54, 1.807) is 52.1 Å². The second kappa shape index (κ2) is 6.80. The van der Waals surface area contributed by atoms with Gasteiger partial charge in [-0.3, -0.25) is 0 Å². The Morgan fingerprint density at radius 1 is 1.33 bits per heavy atom. The van der Waals surface area contributed by atoms with Gasteiger partial charge in [0.05, 0.1) is 19.2 Å². The van der Waals surface area contributed by atoms with Gasteiger partial charge in [-0.1, -0.05) is 18.7 Å². The summed E-state index contributed by atoms with van der Waals surface area (Å²) in [5, 5.41) is 11.7. The first-order valence-electron chi connectivity index (χ1n) is 6.49. The molecule has 112 valence electrons. The molecule has 0 aliphatic rings. The van der Waals surface area contributed by atoms with Crippen molar-refractivity contribution in [2.45, 2.75) is 32.4 Å². The molecule has 1 atom stereocenters. The number of nitriles is 1. The number of alkyl carbamates (subject to hydrolysis) is 1. The summed E-state index contributed by atoms with van der Waals surface area (Å²) in [6.07, 6.45) is -0.597. The Labute approximate surface area is 125 Å². The highest BCUT2D eigenvalue weighted by Crippen LogP contribution is 2.23. The van der Waals surface area contributed by atoms with Gasteiger partial charge >= 0.3 is 6.09 Å². The number of ether oxygens (including phenoxy) is 2. The summed E-state index contributed by atoms with van der Waals surface area (Å²) in [6.45, 7) is 9.00. The number of benzene rings is 1. The number of hydrogen-bond donors (Lipinski definition) is 1. The van der Waals surface area contributed by atoms with Crippen LogP contribution >= 0.6 is 0 Å². The molecule has 1 aromatic carbocycles. The van der Waals surface area contributed by atoms with Crippen molar-refractivity contribution in [2.75, 3.05) is 7.11 Å². The van der Waals surface area contributed by atoms with Crippen molar-refractivity contribution in [1.29, 1.82) is 5.26 Å². The summed E-state index contributed by atoms with van der Waals surface area (Å²) in [7, 11) is 1.57. The smallest absolute Gasteiger partial charge is 0.408 e. The van der Waals surface area contributed by atoms with Gasteiger partial charge in [-0.25, -0.2) is 4.79 Å². The molecule has 1 aromatic rings. The van der Waals surface area contributed by atoms with E-state index in [1.165, 1.54) is 0 Å². The van der Waals surface area contributed by atoms with Gasteiger partial charge in [0, 0.05) is 5.57 Å². The zero-order valence-corrected chi connectivity index (χ0v) is 12.8. The highest BCUT2D eigenvalue weighted by Gasteiger charge is 2.22. The molecule has 0 saturated heterocycles. The fraction of sp³-hybridized carbons (Fsp3) is 0.375. The lowest BCUT2D eigenvalue weighted by Crippen LogP contribution is -2.35. The van der Waals surface area contributed by atoms with Gasteiger partial charge in [0.25, 0.3) is 0 Å². The number of hydrogen-bond acceptors (Lipinski definition) is 4. The number of nitrogens with zero attached hydrogens (tertiary/aromatic N) is 1. The van der Waals surface area contributed by atoms with E-state index in [0.717, 1.165) is 5.56 Å². The Hall–Kier alpha value is -2.48. The van der Waals surface area contributed by atoms with Crippen molar-refractivity contribution >= 4 is 6.09 Å². The molecule has 5 nitrogen and oxygen atoms in total. The quantitative estimate of drug-likeness (QED) is 0.862. The van der Waals surface area contributed by atoms with Crippen LogP contribution in [0.4, 0.5) is 4.79 Å². The molecular formula is C16H20N2O3. The second-order valence-electron chi connectivity index (χ2n) is 5.49. The van der Waals surface area contributed by atoms with Crippen molar-refractivity contribution < 1.29 is 14.3 Å². The summed E-state index contributed by atoms with van der Waals surface area (Å²) in [6, 6.07) is 8.38. The minimum absolute atomic E-state index is 0.228. The van der Waals surface area contributed by atoms with E-state index < -0.39 is 17.7 Å². The number of carbonyl (C=O) groups excluding carboxylic acids is 1. The first-order valence-corrected chi connectivity index (χ1v) is 6.49. The fourth-order valence-electron chi connectivity index (χ4n) is 1.66. The van der Waals surface area contributed by atoms with Gasteiger partial charge < -0.3 is 14.8 Å². The lowest BCUT2D eigenvalue weighted by Gasteiger charge is -2.23. The van der Waals surface area contributed by atoms with Gasteiger partial charge in [-0.15, -0.1) is 0 Å². The van der Waals surface area contributed by atoms with Crippen LogP contribution in [0.1, 0.15) is 32.4 Å². The summed E-state index contributed by atoms with van der Waals surface area (Å²) in [5.74, 6) is 0.692. The maximum Gasteiger partial charge on any atom is 0.408 e. The number of amides is 1. The average molecular weight is 288 g/mol. The van der Waals surface area contributed by atoms with E-state index in [1.807, 2.05) is 6.07 Å². The van der Waals surface area contributed by atoms with Crippen molar-refractivity contribution in [2.24, 2.45) is 0 Å². The molecule has 0 radical (unpaired) electrons. The van der Waals surface area contributed by atoms with Gasteiger partial charge in [-0.2, -0.15) is 5.26 Å². The molecule has 0 aliphatic heterocycles. The summed E-state index contributed by atoms with van der Waals surface area (Å²) < 4.78 is 10.3. The van der Waals surface area contributed by atoms with E-state index in [-0.39, 0.29) is 5.57 Å². The van der Waals surface area contributed by atoms with Crippen LogP contribution in [0.15, 0.2) is 36.4 Å². The highest BCUT2D eigenvalue weighted by atomic mass is 16.6. The molecule has 0 fully saturated rings. The molecule has 0 heterocycles. The Bertz CT molecular complexity index is 550. The van der Waals surface area contributed by atoms with E-state index in [2.05, 4.69) is 11.9 Å². The molecule has 0 bridgehead atoms. The van der Waals surface area contributed by atoms with E-state index in [0.29, 0.717) is 5.75 Å². The average Bonchev–Trinajstić information content (AvgIpc) is 2.42. The van der Waals surface area contributed by atoms with E-state index in [9.17, 15) is 4.79 Å². The Balaban J connectivity index is 2.93. The zero-order chi connectivity index (χ0) is 16.0. The number of rotatable bonds is 4. The summed E-state index contributed by atoms with van der Waals surface area (Å²) in [4.78, 5) is 11.9. The van der Waals surface area contributed by atoms with Crippen molar-refractivity contribution in [3.8, 4) is 11.8 Å². The third-order valence-electron chi connectivity index (χ3n) is 2.60. The number of methoxy groups -OCH3 is 1. The van der Waals surface area contributed by atoms with E-state index in [4.69, 9.17) is 14.7 Å². The molecule has 0 aromatic heterocycles. The van der Waals surface area contributed by atoms with Crippen LogP contribution in [-0.4, -0.2) is 18.8 Å². The molecule has 0 aliphatic carbocycles. The minimum atomic E-state index is -0.629. The van der Waals surface area contributed by atoms with Crippen molar-refractivity contribution in [1.82, 2.24) is 5.32 Å². The Morgan fingerprint density at radius 3 is 2.33 bits per heavy atom. The zero-order valence-electron chi connectivity index (χ0n) is 12.8. The monoisotopic (exact) mass is 288 g/mol. The molecule has 5 heteroatoms. The topological polar surface area (TPSA) is 71.4 Å². The molecule has 1 amide bonds. The lowest BCUT2D eigenvalue weighted by atomic mass is 10.0. The lowest BCUT2D eigenvalue weighted by molar-refractivity contribution is 0.0512. The third kappa shape index (κ3) is 5.19. The van der Waals surface area contributed by atoms with Gasteiger partial charge in [-0.05, 0) is 38.5 Å². The molecule has 0 saturated carbocycles. The highest BCUT2D eigenvalue weighted by molar-refractivity contribution is 5.69. The normalized spacial score (nSPS) is 12.0. The minimum Gasteiger partial charge on any atom is -0.497 e. The maximum atomic E-state index is 11.9. The number of nitrogens with one attached hydrogen (secondary N) is 1. The largest absolute Gasteiger partial charge is 0.497 e. The van der Waals surface area contributed by atoms with Crippen LogP contribution in [0.5, 0.6) is 5.75 Å². The SMILES string of the molecule is C=C(C#N)C(NC(=O)OC(C)(C)C)c1ccc(OC)cc1. The molecule has 21 heavy (non-hydrogen) atoms. The molecule has 1 unspecified atom stereocenters. The molecular weight excluding hydrogens is 268 g/mol. The van der Waals surface area contributed by atoms with Crippen LogP contribution in [0.2, 0.25) is 0 Å². The van der Waals surface area contributed by atoms with Crippen LogP contribution < -0.4 is 10.1 Å². The van der Waals surface area contributed by atoms with Gasteiger partial charge in [0.2, 0.25) is 0 Å².